The van der Waals surface area contributed by atoms with E-state index in [2.05, 4.69) is 31.2 Å². The van der Waals surface area contributed by atoms with Crippen LogP contribution in [0.1, 0.15) is 69.0 Å². The average Bonchev–Trinajstić information content (AvgIpc) is 2.71. The van der Waals surface area contributed by atoms with E-state index >= 15 is 0 Å². The van der Waals surface area contributed by atoms with Crippen LogP contribution in [0.4, 0.5) is 0 Å². The van der Waals surface area contributed by atoms with Crippen molar-refractivity contribution in [2.45, 2.75) is 64.3 Å². The van der Waals surface area contributed by atoms with E-state index in [4.69, 9.17) is 5.73 Å². The molecule has 1 aliphatic rings. The highest BCUT2D eigenvalue weighted by Crippen LogP contribution is 2.36. The summed E-state index contributed by atoms with van der Waals surface area (Å²) in [5.41, 5.74) is 9.24. The van der Waals surface area contributed by atoms with E-state index in [-0.39, 0.29) is 6.04 Å². The van der Waals surface area contributed by atoms with Crippen LogP contribution in [-0.2, 0) is 6.42 Å². The van der Waals surface area contributed by atoms with E-state index in [0.29, 0.717) is 5.92 Å². The second kappa shape index (κ2) is 6.94. The highest BCUT2D eigenvalue weighted by Gasteiger charge is 2.28. The van der Waals surface area contributed by atoms with Gasteiger partial charge in [-0.25, -0.2) is 0 Å². The fourth-order valence-electron chi connectivity index (χ4n) is 3.18. The summed E-state index contributed by atoms with van der Waals surface area (Å²) >= 11 is 0. The molecule has 18 heavy (non-hydrogen) atoms. The van der Waals surface area contributed by atoms with E-state index in [9.17, 15) is 0 Å². The maximum absolute atomic E-state index is 6.35. The van der Waals surface area contributed by atoms with Gasteiger partial charge in [-0.2, -0.15) is 0 Å². The summed E-state index contributed by atoms with van der Waals surface area (Å²) in [5, 5.41) is 0. The summed E-state index contributed by atoms with van der Waals surface area (Å²) in [5.74, 6) is 0.688. The quantitative estimate of drug-likeness (QED) is 0.697. The SMILES string of the molecule is CCCCCCCCC1Cc2ccccc2C1N. The maximum Gasteiger partial charge on any atom is 0.0329 e. The third-order valence-electron chi connectivity index (χ3n) is 4.33. The molecule has 2 rings (SSSR count). The highest BCUT2D eigenvalue weighted by atomic mass is 14.7. The molecule has 0 amide bonds. The second-order valence-corrected chi connectivity index (χ2v) is 5.75. The molecular weight excluding hydrogens is 218 g/mol. The normalized spacial score (nSPS) is 22.1. The molecule has 0 saturated carbocycles. The Morgan fingerprint density at radius 2 is 1.78 bits per heavy atom. The van der Waals surface area contributed by atoms with Crippen LogP contribution in [0, 0.1) is 5.92 Å². The molecule has 0 spiro atoms. The first-order valence-electron chi connectivity index (χ1n) is 7.66. The van der Waals surface area contributed by atoms with Gasteiger partial charge in [0.05, 0.1) is 0 Å². The van der Waals surface area contributed by atoms with E-state index in [1.807, 2.05) is 0 Å². The Balaban J connectivity index is 1.70. The van der Waals surface area contributed by atoms with Gasteiger partial charge in [-0.15, -0.1) is 0 Å². The third kappa shape index (κ3) is 3.35. The number of fused-ring (bicyclic) bond motifs is 1. The Hall–Kier alpha value is -0.820. The first-order chi connectivity index (χ1) is 8.83. The number of benzene rings is 1. The van der Waals surface area contributed by atoms with Crippen molar-refractivity contribution >= 4 is 0 Å². The molecule has 100 valence electrons. The van der Waals surface area contributed by atoms with Crippen molar-refractivity contribution in [1.29, 1.82) is 0 Å². The molecule has 1 heteroatoms. The zero-order valence-electron chi connectivity index (χ0n) is 11.7. The smallest absolute Gasteiger partial charge is 0.0329 e. The van der Waals surface area contributed by atoms with Crippen LogP contribution in [0.15, 0.2) is 24.3 Å². The Morgan fingerprint density at radius 3 is 2.56 bits per heavy atom. The molecule has 1 aromatic carbocycles. The van der Waals surface area contributed by atoms with Crippen LogP contribution >= 0.6 is 0 Å². The van der Waals surface area contributed by atoms with Gasteiger partial charge >= 0.3 is 0 Å². The van der Waals surface area contributed by atoms with Crippen LogP contribution in [0.25, 0.3) is 0 Å². The van der Waals surface area contributed by atoms with Gasteiger partial charge < -0.3 is 5.73 Å². The second-order valence-electron chi connectivity index (χ2n) is 5.75. The first-order valence-corrected chi connectivity index (χ1v) is 7.66. The molecule has 1 aliphatic carbocycles. The number of hydrogen-bond donors (Lipinski definition) is 1. The van der Waals surface area contributed by atoms with Crippen LogP contribution in [0.3, 0.4) is 0 Å². The summed E-state index contributed by atoms with van der Waals surface area (Å²) < 4.78 is 0. The average molecular weight is 245 g/mol. The van der Waals surface area contributed by atoms with Crippen molar-refractivity contribution in [3.05, 3.63) is 35.4 Å². The molecule has 0 aliphatic heterocycles. The lowest BCUT2D eigenvalue weighted by atomic mass is 9.94. The van der Waals surface area contributed by atoms with E-state index in [1.54, 1.807) is 0 Å². The predicted molar refractivity (Wildman–Crippen MR) is 78.6 cm³/mol. The Bertz CT molecular complexity index is 358. The third-order valence-corrected chi connectivity index (χ3v) is 4.33. The first kappa shape index (κ1) is 13.6. The van der Waals surface area contributed by atoms with Crippen molar-refractivity contribution < 1.29 is 0 Å². The molecule has 0 heterocycles. The molecule has 0 aromatic heterocycles. The fourth-order valence-corrected chi connectivity index (χ4v) is 3.18. The molecule has 0 fully saturated rings. The van der Waals surface area contributed by atoms with Crippen molar-refractivity contribution in [3.63, 3.8) is 0 Å². The largest absolute Gasteiger partial charge is 0.324 e. The number of rotatable bonds is 7. The summed E-state index contributed by atoms with van der Waals surface area (Å²) in [4.78, 5) is 0. The molecule has 1 aromatic rings. The lowest BCUT2D eigenvalue weighted by Gasteiger charge is -2.15. The van der Waals surface area contributed by atoms with Crippen molar-refractivity contribution in [2.24, 2.45) is 11.7 Å². The molecule has 0 bridgehead atoms. The minimum absolute atomic E-state index is 0.289. The minimum Gasteiger partial charge on any atom is -0.324 e. The van der Waals surface area contributed by atoms with E-state index in [1.165, 1.54) is 62.5 Å². The Kier molecular flexibility index (Phi) is 5.25. The zero-order valence-corrected chi connectivity index (χ0v) is 11.7. The summed E-state index contributed by atoms with van der Waals surface area (Å²) in [6.07, 6.45) is 10.8. The van der Waals surface area contributed by atoms with E-state index < -0.39 is 0 Å². The number of nitrogens with two attached hydrogens (primary N) is 1. The van der Waals surface area contributed by atoms with Gasteiger partial charge in [-0.05, 0) is 29.9 Å². The van der Waals surface area contributed by atoms with Crippen molar-refractivity contribution in [2.75, 3.05) is 0 Å². The van der Waals surface area contributed by atoms with Crippen molar-refractivity contribution in [1.82, 2.24) is 0 Å². The number of hydrogen-bond acceptors (Lipinski definition) is 1. The standard InChI is InChI=1S/C17H27N/c1-2-3-4-5-6-7-11-15-13-14-10-8-9-12-16(14)17(15)18/h8-10,12,15,17H,2-7,11,13,18H2,1H3. The van der Waals surface area contributed by atoms with Gasteiger partial charge in [0.15, 0.2) is 0 Å². The Labute approximate surface area is 112 Å². The molecule has 0 radical (unpaired) electrons. The monoisotopic (exact) mass is 245 g/mol. The van der Waals surface area contributed by atoms with Crippen LogP contribution in [0.5, 0.6) is 0 Å². The molecular formula is C17H27N. The molecule has 2 unspecified atom stereocenters. The zero-order chi connectivity index (χ0) is 12.8. The summed E-state index contributed by atoms with van der Waals surface area (Å²) in [7, 11) is 0. The van der Waals surface area contributed by atoms with Gasteiger partial charge in [0.2, 0.25) is 0 Å². The van der Waals surface area contributed by atoms with Crippen LogP contribution in [0.2, 0.25) is 0 Å². The lowest BCUT2D eigenvalue weighted by molar-refractivity contribution is 0.409. The van der Waals surface area contributed by atoms with Gasteiger partial charge in [0.1, 0.15) is 0 Å². The van der Waals surface area contributed by atoms with Gasteiger partial charge in [-0.3, -0.25) is 0 Å². The van der Waals surface area contributed by atoms with E-state index in [0.717, 1.165) is 0 Å². The highest BCUT2D eigenvalue weighted by molar-refractivity contribution is 5.35. The number of unbranched alkanes of at least 4 members (excludes halogenated alkanes) is 5. The maximum atomic E-state index is 6.35. The minimum atomic E-state index is 0.289. The van der Waals surface area contributed by atoms with Crippen LogP contribution in [-0.4, -0.2) is 0 Å². The summed E-state index contributed by atoms with van der Waals surface area (Å²) in [6, 6.07) is 9.00. The molecule has 0 saturated heterocycles. The fraction of sp³-hybridized carbons (Fsp3) is 0.647. The topological polar surface area (TPSA) is 26.0 Å². The molecule has 2 atom stereocenters. The van der Waals surface area contributed by atoms with Gasteiger partial charge in [0, 0.05) is 6.04 Å². The summed E-state index contributed by atoms with van der Waals surface area (Å²) in [6.45, 7) is 2.27. The molecule has 1 nitrogen and oxygen atoms in total. The lowest BCUT2D eigenvalue weighted by Crippen LogP contribution is -2.16. The van der Waals surface area contributed by atoms with Crippen molar-refractivity contribution in [3.8, 4) is 0 Å². The Morgan fingerprint density at radius 1 is 1.06 bits per heavy atom. The van der Waals surface area contributed by atoms with Gasteiger partial charge in [-0.1, -0.05) is 69.7 Å². The molecule has 2 N–H and O–H groups in total. The predicted octanol–water partition coefficient (Wildman–Crippen LogP) is 4.61. The van der Waals surface area contributed by atoms with Crippen LogP contribution < -0.4 is 5.73 Å². The van der Waals surface area contributed by atoms with Gasteiger partial charge in [0.25, 0.3) is 0 Å².